The highest BCUT2D eigenvalue weighted by Crippen LogP contribution is 2.24. The Morgan fingerprint density at radius 1 is 1.24 bits per heavy atom. The number of thioether (sulfide) groups is 1. The predicted molar refractivity (Wildman–Crippen MR) is 69.3 cm³/mol. The normalized spacial score (nSPS) is 18.6. The Morgan fingerprint density at radius 3 is 2.53 bits per heavy atom. The van der Waals surface area contributed by atoms with E-state index in [4.69, 9.17) is 0 Å². The molecule has 2 rings (SSSR count). The molecule has 0 aliphatic carbocycles. The predicted octanol–water partition coefficient (Wildman–Crippen LogP) is 2.96. The summed E-state index contributed by atoms with van der Waals surface area (Å²) in [6.07, 6.45) is 3.68. The molecule has 86 valence electrons. The van der Waals surface area contributed by atoms with Gasteiger partial charge in [0, 0.05) is 0 Å². The van der Waals surface area contributed by atoms with Gasteiger partial charge in [0.05, 0.1) is 4.91 Å². The highest BCUT2D eigenvalue weighted by Gasteiger charge is 2.24. The number of benzene rings is 1. The maximum absolute atomic E-state index is 11.3. The topological polar surface area (TPSA) is 46.2 Å². The van der Waals surface area contributed by atoms with Gasteiger partial charge in [-0.05, 0) is 35.9 Å². The molecule has 1 fully saturated rings. The maximum atomic E-state index is 11.3. The SMILES string of the molecule is CC(=C/c1ccccc1)/C=C1\SC(=O)NC1=O. The summed E-state index contributed by atoms with van der Waals surface area (Å²) in [6.45, 7) is 1.90. The molecule has 0 saturated carbocycles. The molecule has 0 spiro atoms. The molecule has 1 N–H and O–H groups in total. The third kappa shape index (κ3) is 3.07. The summed E-state index contributed by atoms with van der Waals surface area (Å²) in [6, 6.07) is 9.81. The molecular weight excluding hydrogens is 234 g/mol. The van der Waals surface area contributed by atoms with Crippen molar-refractivity contribution >= 4 is 29.0 Å². The minimum absolute atomic E-state index is 0.311. The molecule has 4 heteroatoms. The first-order valence-electron chi connectivity index (χ1n) is 5.13. The highest BCUT2D eigenvalue weighted by molar-refractivity contribution is 8.18. The molecule has 1 aromatic carbocycles. The van der Waals surface area contributed by atoms with Gasteiger partial charge < -0.3 is 0 Å². The second-order valence-electron chi connectivity index (χ2n) is 3.65. The molecule has 1 aliphatic rings. The van der Waals surface area contributed by atoms with Crippen LogP contribution in [0.3, 0.4) is 0 Å². The summed E-state index contributed by atoms with van der Waals surface area (Å²) in [7, 11) is 0. The monoisotopic (exact) mass is 245 g/mol. The third-order valence-corrected chi connectivity index (χ3v) is 3.01. The van der Waals surface area contributed by atoms with Gasteiger partial charge in [0.15, 0.2) is 0 Å². The average Bonchev–Trinajstić information content (AvgIpc) is 2.58. The fourth-order valence-corrected chi connectivity index (χ4v) is 2.21. The van der Waals surface area contributed by atoms with Crippen molar-refractivity contribution in [1.29, 1.82) is 0 Å². The molecule has 0 unspecified atom stereocenters. The minimum Gasteiger partial charge on any atom is -0.282 e. The number of imide groups is 1. The van der Waals surface area contributed by atoms with E-state index in [0.29, 0.717) is 4.91 Å². The molecule has 3 nitrogen and oxygen atoms in total. The van der Waals surface area contributed by atoms with Gasteiger partial charge in [-0.2, -0.15) is 0 Å². The fraction of sp³-hybridized carbons (Fsp3) is 0.0769. The first-order valence-corrected chi connectivity index (χ1v) is 5.95. The van der Waals surface area contributed by atoms with Gasteiger partial charge in [-0.1, -0.05) is 36.4 Å². The van der Waals surface area contributed by atoms with Crippen molar-refractivity contribution < 1.29 is 9.59 Å². The zero-order valence-electron chi connectivity index (χ0n) is 9.27. The van der Waals surface area contributed by atoms with Crippen LogP contribution in [0.4, 0.5) is 4.79 Å². The van der Waals surface area contributed by atoms with Crippen LogP contribution in [0.15, 0.2) is 46.9 Å². The fourth-order valence-electron chi connectivity index (χ4n) is 1.48. The van der Waals surface area contributed by atoms with E-state index in [1.807, 2.05) is 43.3 Å². The second-order valence-corrected chi connectivity index (χ2v) is 4.67. The molecule has 1 heterocycles. The van der Waals surface area contributed by atoms with Crippen LogP contribution in [0, 0.1) is 0 Å². The highest BCUT2D eigenvalue weighted by atomic mass is 32.2. The molecule has 1 aliphatic heterocycles. The Labute approximate surface area is 104 Å². The van der Waals surface area contributed by atoms with E-state index in [0.717, 1.165) is 22.9 Å². The van der Waals surface area contributed by atoms with E-state index in [9.17, 15) is 9.59 Å². The van der Waals surface area contributed by atoms with Crippen molar-refractivity contribution in [2.75, 3.05) is 0 Å². The molecule has 0 bridgehead atoms. The molecule has 17 heavy (non-hydrogen) atoms. The quantitative estimate of drug-likeness (QED) is 0.815. The van der Waals surface area contributed by atoms with Crippen LogP contribution in [0.1, 0.15) is 12.5 Å². The van der Waals surface area contributed by atoms with Crippen LogP contribution in [0.2, 0.25) is 0 Å². The summed E-state index contributed by atoms with van der Waals surface area (Å²) in [4.78, 5) is 22.7. The summed E-state index contributed by atoms with van der Waals surface area (Å²) in [5.41, 5.74) is 2.00. The standard InChI is InChI=1S/C13H11NO2S/c1-9(7-10-5-3-2-4-6-10)8-11-12(15)14-13(16)17-11/h2-8H,1H3,(H,14,15,16)/b9-7-,11-8-. The summed E-state index contributed by atoms with van der Waals surface area (Å²) >= 11 is 0.933. The van der Waals surface area contributed by atoms with E-state index < -0.39 is 0 Å². The van der Waals surface area contributed by atoms with E-state index in [2.05, 4.69) is 5.32 Å². The van der Waals surface area contributed by atoms with Crippen molar-refractivity contribution in [3.63, 3.8) is 0 Å². The first-order chi connectivity index (χ1) is 8.15. The van der Waals surface area contributed by atoms with Gasteiger partial charge in [0.1, 0.15) is 0 Å². The molecule has 0 aromatic heterocycles. The number of amides is 2. The summed E-state index contributed by atoms with van der Waals surface area (Å²) < 4.78 is 0. The van der Waals surface area contributed by atoms with Crippen molar-refractivity contribution in [2.45, 2.75) is 6.92 Å². The maximum Gasteiger partial charge on any atom is 0.290 e. The van der Waals surface area contributed by atoms with Crippen LogP contribution < -0.4 is 5.32 Å². The van der Waals surface area contributed by atoms with E-state index in [1.165, 1.54) is 0 Å². The van der Waals surface area contributed by atoms with Gasteiger partial charge in [0.2, 0.25) is 0 Å². The van der Waals surface area contributed by atoms with Crippen LogP contribution in [0.25, 0.3) is 6.08 Å². The van der Waals surface area contributed by atoms with Crippen molar-refractivity contribution in [3.05, 3.63) is 52.4 Å². The Kier molecular flexibility index (Phi) is 3.44. The molecule has 1 saturated heterocycles. The zero-order chi connectivity index (χ0) is 12.3. The number of hydrogen-bond acceptors (Lipinski definition) is 3. The van der Waals surface area contributed by atoms with E-state index >= 15 is 0 Å². The van der Waals surface area contributed by atoms with Crippen LogP contribution >= 0.6 is 11.8 Å². The Bertz CT molecular complexity index is 517. The third-order valence-electron chi connectivity index (χ3n) is 2.19. The van der Waals surface area contributed by atoms with Gasteiger partial charge in [-0.3, -0.25) is 14.9 Å². The van der Waals surface area contributed by atoms with E-state index in [-0.39, 0.29) is 11.1 Å². The lowest BCUT2D eigenvalue weighted by Gasteiger charge is -1.96. The number of rotatable bonds is 2. The van der Waals surface area contributed by atoms with Crippen molar-refractivity contribution in [2.24, 2.45) is 0 Å². The number of carbonyl (C=O) groups is 2. The smallest absolute Gasteiger partial charge is 0.282 e. The average molecular weight is 245 g/mol. The van der Waals surface area contributed by atoms with Gasteiger partial charge in [0.25, 0.3) is 11.1 Å². The van der Waals surface area contributed by atoms with Crippen LogP contribution in [-0.4, -0.2) is 11.1 Å². The molecule has 2 amide bonds. The van der Waals surface area contributed by atoms with Gasteiger partial charge in [-0.15, -0.1) is 0 Å². The van der Waals surface area contributed by atoms with E-state index in [1.54, 1.807) is 6.08 Å². The van der Waals surface area contributed by atoms with Crippen LogP contribution in [-0.2, 0) is 4.79 Å². The molecule has 1 aromatic rings. The van der Waals surface area contributed by atoms with Crippen molar-refractivity contribution in [1.82, 2.24) is 5.32 Å². The minimum atomic E-state index is -0.319. The largest absolute Gasteiger partial charge is 0.290 e. The Morgan fingerprint density at radius 2 is 1.94 bits per heavy atom. The number of carbonyl (C=O) groups excluding carboxylic acids is 2. The summed E-state index contributed by atoms with van der Waals surface area (Å²) in [5.74, 6) is -0.319. The number of hydrogen-bond donors (Lipinski definition) is 1. The lowest BCUT2D eigenvalue weighted by Crippen LogP contribution is -2.17. The Balaban J connectivity index is 2.19. The second kappa shape index (κ2) is 5.01. The molecule has 0 radical (unpaired) electrons. The van der Waals surface area contributed by atoms with Gasteiger partial charge >= 0.3 is 0 Å². The Hall–Kier alpha value is -1.81. The van der Waals surface area contributed by atoms with Gasteiger partial charge in [-0.25, -0.2) is 0 Å². The lowest BCUT2D eigenvalue weighted by molar-refractivity contribution is -0.115. The van der Waals surface area contributed by atoms with Crippen LogP contribution in [0.5, 0.6) is 0 Å². The molecular formula is C13H11NO2S. The molecule has 0 atom stereocenters. The number of nitrogens with one attached hydrogen (secondary N) is 1. The first kappa shape index (κ1) is 11.7. The zero-order valence-corrected chi connectivity index (χ0v) is 10.1. The summed E-state index contributed by atoms with van der Waals surface area (Å²) in [5, 5.41) is 1.91. The van der Waals surface area contributed by atoms with Crippen molar-refractivity contribution in [3.8, 4) is 0 Å². The lowest BCUT2D eigenvalue weighted by atomic mass is 10.1. The number of allylic oxidation sites excluding steroid dienone is 2.